The summed E-state index contributed by atoms with van der Waals surface area (Å²) in [6, 6.07) is 14.9. The molecule has 0 aromatic heterocycles. The van der Waals surface area contributed by atoms with Gasteiger partial charge in [0.15, 0.2) is 6.61 Å². The zero-order valence-electron chi connectivity index (χ0n) is 13.0. The van der Waals surface area contributed by atoms with E-state index in [9.17, 15) is 4.79 Å². The average molecular weight is 334 g/mol. The van der Waals surface area contributed by atoms with Crippen LogP contribution in [0.3, 0.4) is 0 Å². The number of carbonyl (C=O) groups is 1. The fourth-order valence-electron chi connectivity index (χ4n) is 2.04. The number of halogens is 1. The zero-order valence-corrected chi connectivity index (χ0v) is 13.8. The molecule has 0 saturated carbocycles. The summed E-state index contributed by atoms with van der Waals surface area (Å²) in [5.41, 5.74) is 1.22. The SMILES string of the molecule is COc1ccc(CCCNC(=O)COc2ccc(Cl)cc2)cc1. The van der Waals surface area contributed by atoms with Crippen LogP contribution >= 0.6 is 11.6 Å². The molecule has 0 aliphatic carbocycles. The molecule has 0 atom stereocenters. The molecule has 1 amide bonds. The van der Waals surface area contributed by atoms with Crippen LogP contribution in [0.1, 0.15) is 12.0 Å². The summed E-state index contributed by atoms with van der Waals surface area (Å²) >= 11 is 5.78. The molecule has 2 aromatic rings. The second-order valence-corrected chi connectivity index (χ2v) is 5.48. The lowest BCUT2D eigenvalue weighted by atomic mass is 10.1. The van der Waals surface area contributed by atoms with Crippen LogP contribution in [-0.2, 0) is 11.2 Å². The van der Waals surface area contributed by atoms with Crippen LogP contribution in [0.5, 0.6) is 11.5 Å². The van der Waals surface area contributed by atoms with E-state index in [1.54, 1.807) is 31.4 Å². The van der Waals surface area contributed by atoms with Crippen molar-refractivity contribution in [1.82, 2.24) is 5.32 Å². The van der Waals surface area contributed by atoms with Crippen molar-refractivity contribution in [2.75, 3.05) is 20.3 Å². The number of hydrogen-bond acceptors (Lipinski definition) is 3. The Labute approximate surface area is 141 Å². The highest BCUT2D eigenvalue weighted by atomic mass is 35.5. The maximum absolute atomic E-state index is 11.7. The number of amides is 1. The standard InChI is InChI=1S/C18H20ClNO3/c1-22-16-8-4-14(5-9-16)3-2-12-20-18(21)13-23-17-10-6-15(19)7-11-17/h4-11H,2-3,12-13H2,1H3,(H,20,21). The molecule has 0 aliphatic heterocycles. The van der Waals surface area contributed by atoms with Crippen molar-refractivity contribution in [2.45, 2.75) is 12.8 Å². The molecule has 0 radical (unpaired) electrons. The summed E-state index contributed by atoms with van der Waals surface area (Å²) in [5, 5.41) is 3.48. The highest BCUT2D eigenvalue weighted by Gasteiger charge is 2.02. The minimum atomic E-state index is -0.130. The van der Waals surface area contributed by atoms with Crippen molar-refractivity contribution in [3.8, 4) is 11.5 Å². The van der Waals surface area contributed by atoms with E-state index in [-0.39, 0.29) is 12.5 Å². The molecule has 2 rings (SSSR count). The van der Waals surface area contributed by atoms with Crippen molar-refractivity contribution in [3.05, 3.63) is 59.1 Å². The summed E-state index contributed by atoms with van der Waals surface area (Å²) in [4.78, 5) is 11.7. The Kier molecular flexibility index (Phi) is 6.76. The lowest BCUT2D eigenvalue weighted by Gasteiger charge is -2.08. The molecular formula is C18H20ClNO3. The largest absolute Gasteiger partial charge is 0.497 e. The number of carbonyl (C=O) groups excluding carboxylic acids is 1. The van der Waals surface area contributed by atoms with Gasteiger partial charge in [-0.3, -0.25) is 4.79 Å². The van der Waals surface area contributed by atoms with Gasteiger partial charge in [-0.2, -0.15) is 0 Å². The first-order valence-corrected chi connectivity index (χ1v) is 7.83. The Balaban J connectivity index is 1.61. The third kappa shape index (κ3) is 6.20. The molecule has 122 valence electrons. The fourth-order valence-corrected chi connectivity index (χ4v) is 2.17. The quantitative estimate of drug-likeness (QED) is 0.752. The first-order valence-electron chi connectivity index (χ1n) is 7.45. The Hall–Kier alpha value is -2.20. The third-order valence-corrected chi connectivity index (χ3v) is 3.56. The first kappa shape index (κ1) is 17.2. The molecule has 0 fully saturated rings. The molecule has 2 aromatic carbocycles. The summed E-state index contributed by atoms with van der Waals surface area (Å²) in [6.45, 7) is 0.624. The molecule has 23 heavy (non-hydrogen) atoms. The van der Waals surface area contributed by atoms with Crippen molar-refractivity contribution >= 4 is 17.5 Å². The van der Waals surface area contributed by atoms with E-state index in [0.717, 1.165) is 18.6 Å². The molecular weight excluding hydrogens is 314 g/mol. The minimum absolute atomic E-state index is 0.00414. The van der Waals surface area contributed by atoms with E-state index in [4.69, 9.17) is 21.1 Å². The van der Waals surface area contributed by atoms with E-state index >= 15 is 0 Å². The number of aryl methyl sites for hydroxylation is 1. The molecule has 4 nitrogen and oxygen atoms in total. The second kappa shape index (κ2) is 9.06. The van der Waals surface area contributed by atoms with E-state index in [1.165, 1.54) is 5.56 Å². The summed E-state index contributed by atoms with van der Waals surface area (Å²) in [7, 11) is 1.65. The van der Waals surface area contributed by atoms with Gasteiger partial charge in [0.25, 0.3) is 5.91 Å². The number of methoxy groups -OCH3 is 1. The van der Waals surface area contributed by atoms with Crippen molar-refractivity contribution < 1.29 is 14.3 Å². The van der Waals surface area contributed by atoms with Crippen LogP contribution < -0.4 is 14.8 Å². The highest BCUT2D eigenvalue weighted by molar-refractivity contribution is 6.30. The van der Waals surface area contributed by atoms with Crippen molar-refractivity contribution in [1.29, 1.82) is 0 Å². The van der Waals surface area contributed by atoms with Crippen LogP contribution in [0.15, 0.2) is 48.5 Å². The second-order valence-electron chi connectivity index (χ2n) is 5.04. The maximum Gasteiger partial charge on any atom is 0.257 e. The lowest BCUT2D eigenvalue weighted by Crippen LogP contribution is -2.29. The van der Waals surface area contributed by atoms with Crippen LogP contribution in [-0.4, -0.2) is 26.2 Å². The fraction of sp³-hybridized carbons (Fsp3) is 0.278. The number of nitrogens with one attached hydrogen (secondary N) is 1. The van der Waals surface area contributed by atoms with Gasteiger partial charge >= 0.3 is 0 Å². The highest BCUT2D eigenvalue weighted by Crippen LogP contribution is 2.15. The smallest absolute Gasteiger partial charge is 0.257 e. The van der Waals surface area contributed by atoms with E-state index in [1.807, 2.05) is 24.3 Å². The summed E-state index contributed by atoms with van der Waals surface area (Å²) in [5.74, 6) is 1.35. The van der Waals surface area contributed by atoms with Gasteiger partial charge in [0.1, 0.15) is 11.5 Å². The van der Waals surface area contributed by atoms with Gasteiger partial charge in [0.2, 0.25) is 0 Å². The topological polar surface area (TPSA) is 47.6 Å². The molecule has 0 bridgehead atoms. The number of benzene rings is 2. The predicted octanol–water partition coefficient (Wildman–Crippen LogP) is 3.48. The van der Waals surface area contributed by atoms with Crippen LogP contribution in [0, 0.1) is 0 Å². The van der Waals surface area contributed by atoms with Gasteiger partial charge in [-0.05, 0) is 54.8 Å². The normalized spacial score (nSPS) is 10.2. The molecule has 5 heteroatoms. The van der Waals surface area contributed by atoms with Crippen LogP contribution in [0.4, 0.5) is 0 Å². The van der Waals surface area contributed by atoms with Gasteiger partial charge < -0.3 is 14.8 Å². The third-order valence-electron chi connectivity index (χ3n) is 3.31. The summed E-state index contributed by atoms with van der Waals surface area (Å²) in [6.07, 6.45) is 1.78. The van der Waals surface area contributed by atoms with Gasteiger partial charge in [0, 0.05) is 11.6 Å². The Morgan fingerprint density at radius 2 is 1.70 bits per heavy atom. The molecule has 0 aliphatic rings. The zero-order chi connectivity index (χ0) is 16.5. The molecule has 0 heterocycles. The molecule has 1 N–H and O–H groups in total. The van der Waals surface area contributed by atoms with E-state index in [0.29, 0.717) is 17.3 Å². The number of ether oxygens (including phenoxy) is 2. The maximum atomic E-state index is 11.7. The number of rotatable bonds is 8. The first-order chi connectivity index (χ1) is 11.2. The van der Waals surface area contributed by atoms with E-state index < -0.39 is 0 Å². The van der Waals surface area contributed by atoms with Crippen molar-refractivity contribution in [2.24, 2.45) is 0 Å². The van der Waals surface area contributed by atoms with Crippen molar-refractivity contribution in [3.63, 3.8) is 0 Å². The van der Waals surface area contributed by atoms with Gasteiger partial charge in [-0.1, -0.05) is 23.7 Å². The van der Waals surface area contributed by atoms with Crippen LogP contribution in [0.25, 0.3) is 0 Å². The Bertz CT molecular complexity index is 611. The Morgan fingerprint density at radius 1 is 1.04 bits per heavy atom. The number of hydrogen-bond donors (Lipinski definition) is 1. The van der Waals surface area contributed by atoms with Gasteiger partial charge in [0.05, 0.1) is 7.11 Å². The molecule has 0 saturated heterocycles. The lowest BCUT2D eigenvalue weighted by molar-refractivity contribution is -0.123. The van der Waals surface area contributed by atoms with E-state index in [2.05, 4.69) is 5.32 Å². The molecule has 0 unspecified atom stereocenters. The molecule has 0 spiro atoms. The predicted molar refractivity (Wildman–Crippen MR) is 91.3 cm³/mol. The summed E-state index contributed by atoms with van der Waals surface area (Å²) < 4.78 is 10.5. The average Bonchev–Trinajstić information content (AvgIpc) is 2.59. The Morgan fingerprint density at radius 3 is 2.35 bits per heavy atom. The monoisotopic (exact) mass is 333 g/mol. The minimum Gasteiger partial charge on any atom is -0.497 e. The van der Waals surface area contributed by atoms with Gasteiger partial charge in [-0.25, -0.2) is 0 Å². The van der Waals surface area contributed by atoms with Gasteiger partial charge in [-0.15, -0.1) is 0 Å². The van der Waals surface area contributed by atoms with Crippen LogP contribution in [0.2, 0.25) is 5.02 Å².